The van der Waals surface area contributed by atoms with Crippen LogP contribution in [0, 0.1) is 0 Å². The van der Waals surface area contributed by atoms with Crippen LogP contribution in [0.1, 0.15) is 31.9 Å². The predicted octanol–water partition coefficient (Wildman–Crippen LogP) is 2.70. The van der Waals surface area contributed by atoms with Gasteiger partial charge >= 0.3 is 0 Å². The van der Waals surface area contributed by atoms with Gasteiger partial charge in [-0.25, -0.2) is 0 Å². The Kier molecular flexibility index (Phi) is 8.35. The van der Waals surface area contributed by atoms with Crippen molar-refractivity contribution in [2.24, 2.45) is 0 Å². The number of hydrogen-bond donors (Lipinski definition) is 1. The van der Waals surface area contributed by atoms with Crippen LogP contribution in [0.2, 0.25) is 0 Å². The lowest BCUT2D eigenvalue weighted by Gasteiger charge is -2.32. The number of ether oxygens (including phenoxy) is 2. The zero-order chi connectivity index (χ0) is 15.7. The fraction of sp³-hybridized carbons (Fsp3) is 0.647. The van der Waals surface area contributed by atoms with Gasteiger partial charge in [0, 0.05) is 37.8 Å². The van der Waals surface area contributed by atoms with Gasteiger partial charge in [-0.05, 0) is 26.5 Å². The van der Waals surface area contributed by atoms with E-state index in [1.54, 1.807) is 14.2 Å². The summed E-state index contributed by atoms with van der Waals surface area (Å²) in [6.07, 6.45) is 1.13. The third-order valence-corrected chi connectivity index (χ3v) is 4.08. The molecule has 2 unspecified atom stereocenters. The Bertz CT molecular complexity index is 398. The van der Waals surface area contributed by atoms with Crippen molar-refractivity contribution in [3.63, 3.8) is 0 Å². The second-order valence-corrected chi connectivity index (χ2v) is 5.33. The van der Waals surface area contributed by atoms with Crippen LogP contribution >= 0.6 is 0 Å². The number of hydrogen-bond acceptors (Lipinski definition) is 4. The van der Waals surface area contributed by atoms with E-state index in [0.717, 1.165) is 31.9 Å². The van der Waals surface area contributed by atoms with Crippen molar-refractivity contribution >= 4 is 0 Å². The molecule has 0 aliphatic heterocycles. The second kappa shape index (κ2) is 9.77. The van der Waals surface area contributed by atoms with Gasteiger partial charge in [0.1, 0.15) is 5.75 Å². The summed E-state index contributed by atoms with van der Waals surface area (Å²) in [7, 11) is 5.48. The number of nitrogens with zero attached hydrogens (tertiary/aromatic N) is 1. The highest BCUT2D eigenvalue weighted by Crippen LogP contribution is 2.25. The van der Waals surface area contributed by atoms with E-state index < -0.39 is 0 Å². The van der Waals surface area contributed by atoms with Gasteiger partial charge in [0.2, 0.25) is 0 Å². The first-order chi connectivity index (χ1) is 10.2. The van der Waals surface area contributed by atoms with E-state index in [4.69, 9.17) is 9.47 Å². The highest BCUT2D eigenvalue weighted by Gasteiger charge is 2.20. The summed E-state index contributed by atoms with van der Waals surface area (Å²) >= 11 is 0. The molecule has 0 aliphatic carbocycles. The quantitative estimate of drug-likeness (QED) is 0.719. The van der Waals surface area contributed by atoms with Gasteiger partial charge in [0.25, 0.3) is 0 Å². The molecule has 0 saturated heterocycles. The predicted molar refractivity (Wildman–Crippen MR) is 88.0 cm³/mol. The van der Waals surface area contributed by atoms with E-state index in [2.05, 4.69) is 36.2 Å². The molecule has 21 heavy (non-hydrogen) atoms. The molecular formula is C17H30N2O2. The average Bonchev–Trinajstić information content (AvgIpc) is 2.54. The van der Waals surface area contributed by atoms with Gasteiger partial charge in [0.15, 0.2) is 0 Å². The molecule has 1 rings (SSSR count). The molecule has 0 bridgehead atoms. The highest BCUT2D eigenvalue weighted by molar-refractivity contribution is 5.36. The summed E-state index contributed by atoms with van der Waals surface area (Å²) in [5.74, 6) is 0.938. The van der Waals surface area contributed by atoms with Crippen molar-refractivity contribution < 1.29 is 9.47 Å². The molecule has 120 valence electrons. The first-order valence-corrected chi connectivity index (χ1v) is 7.71. The molecule has 0 radical (unpaired) electrons. The lowest BCUT2D eigenvalue weighted by atomic mass is 10.0. The Morgan fingerprint density at radius 1 is 1.24 bits per heavy atom. The van der Waals surface area contributed by atoms with E-state index in [-0.39, 0.29) is 6.04 Å². The van der Waals surface area contributed by atoms with Gasteiger partial charge in [-0.3, -0.25) is 4.90 Å². The van der Waals surface area contributed by atoms with Crippen molar-refractivity contribution in [1.82, 2.24) is 10.2 Å². The SMILES string of the molecule is CCC(C)N(CCOC)CC(NC)c1ccccc1OC. The van der Waals surface area contributed by atoms with E-state index in [1.807, 2.05) is 19.2 Å². The minimum atomic E-state index is 0.243. The minimum absolute atomic E-state index is 0.243. The van der Waals surface area contributed by atoms with Crippen LogP contribution in [-0.2, 0) is 4.74 Å². The summed E-state index contributed by atoms with van der Waals surface area (Å²) < 4.78 is 10.7. The first kappa shape index (κ1) is 18.0. The molecule has 0 heterocycles. The van der Waals surface area contributed by atoms with E-state index in [0.29, 0.717) is 6.04 Å². The second-order valence-electron chi connectivity index (χ2n) is 5.33. The molecule has 1 N–H and O–H groups in total. The number of methoxy groups -OCH3 is 2. The molecule has 0 amide bonds. The third kappa shape index (κ3) is 5.30. The van der Waals surface area contributed by atoms with Crippen LogP contribution in [0.25, 0.3) is 0 Å². The lowest BCUT2D eigenvalue weighted by molar-refractivity contribution is 0.115. The number of para-hydroxylation sites is 1. The monoisotopic (exact) mass is 294 g/mol. The fourth-order valence-electron chi connectivity index (χ4n) is 2.49. The maximum atomic E-state index is 5.49. The largest absolute Gasteiger partial charge is 0.496 e. The van der Waals surface area contributed by atoms with Crippen LogP contribution in [0.4, 0.5) is 0 Å². The Morgan fingerprint density at radius 3 is 2.52 bits per heavy atom. The van der Waals surface area contributed by atoms with Gasteiger partial charge in [-0.2, -0.15) is 0 Å². The minimum Gasteiger partial charge on any atom is -0.496 e. The normalized spacial score (nSPS) is 14.2. The molecule has 1 aromatic rings. The van der Waals surface area contributed by atoms with Gasteiger partial charge < -0.3 is 14.8 Å². The smallest absolute Gasteiger partial charge is 0.123 e. The fourth-order valence-corrected chi connectivity index (χ4v) is 2.49. The van der Waals surface area contributed by atoms with Crippen LogP contribution in [0.3, 0.4) is 0 Å². The van der Waals surface area contributed by atoms with Crippen molar-refractivity contribution in [2.45, 2.75) is 32.4 Å². The maximum absolute atomic E-state index is 5.49. The Labute approximate surface area is 129 Å². The summed E-state index contributed by atoms with van der Waals surface area (Å²) in [5, 5.41) is 3.42. The molecule has 4 heteroatoms. The Morgan fingerprint density at radius 2 is 1.95 bits per heavy atom. The number of rotatable bonds is 10. The average molecular weight is 294 g/mol. The number of likely N-dealkylation sites (N-methyl/N-ethyl adjacent to an activating group) is 1. The van der Waals surface area contributed by atoms with Crippen molar-refractivity contribution in [3.8, 4) is 5.75 Å². The van der Waals surface area contributed by atoms with Crippen molar-refractivity contribution in [3.05, 3.63) is 29.8 Å². The van der Waals surface area contributed by atoms with Gasteiger partial charge in [0.05, 0.1) is 13.7 Å². The van der Waals surface area contributed by atoms with Crippen molar-refractivity contribution in [2.75, 3.05) is 41.0 Å². The zero-order valence-electron chi connectivity index (χ0n) is 14.1. The molecule has 1 aromatic carbocycles. The van der Waals surface area contributed by atoms with E-state index >= 15 is 0 Å². The summed E-state index contributed by atoms with van der Waals surface area (Å²) in [6, 6.07) is 8.99. The molecule has 0 fully saturated rings. The molecular weight excluding hydrogens is 264 g/mol. The Hall–Kier alpha value is -1.10. The summed E-state index contributed by atoms with van der Waals surface area (Å²) in [5.41, 5.74) is 1.20. The summed E-state index contributed by atoms with van der Waals surface area (Å²) in [6.45, 7) is 7.13. The topological polar surface area (TPSA) is 33.7 Å². The van der Waals surface area contributed by atoms with Gasteiger partial charge in [-0.15, -0.1) is 0 Å². The molecule has 0 saturated carbocycles. The Balaban J connectivity index is 2.86. The van der Waals surface area contributed by atoms with Crippen LogP contribution in [-0.4, -0.2) is 51.9 Å². The number of nitrogens with one attached hydrogen (secondary N) is 1. The number of benzene rings is 1. The van der Waals surface area contributed by atoms with Gasteiger partial charge in [-0.1, -0.05) is 25.1 Å². The standard InChI is InChI=1S/C17H30N2O2/c1-6-14(2)19(11-12-20-4)13-16(18-3)15-9-7-8-10-17(15)21-5/h7-10,14,16,18H,6,11-13H2,1-5H3. The first-order valence-electron chi connectivity index (χ1n) is 7.71. The zero-order valence-corrected chi connectivity index (χ0v) is 14.1. The van der Waals surface area contributed by atoms with Crippen LogP contribution in [0.5, 0.6) is 5.75 Å². The third-order valence-electron chi connectivity index (χ3n) is 4.08. The molecule has 0 spiro atoms. The lowest BCUT2D eigenvalue weighted by Crippen LogP contribution is -2.41. The van der Waals surface area contributed by atoms with Crippen LogP contribution in [0.15, 0.2) is 24.3 Å². The molecule has 4 nitrogen and oxygen atoms in total. The maximum Gasteiger partial charge on any atom is 0.123 e. The van der Waals surface area contributed by atoms with Crippen LogP contribution < -0.4 is 10.1 Å². The molecule has 2 atom stereocenters. The summed E-state index contributed by atoms with van der Waals surface area (Å²) in [4.78, 5) is 2.47. The van der Waals surface area contributed by atoms with E-state index in [9.17, 15) is 0 Å². The molecule has 0 aromatic heterocycles. The molecule has 0 aliphatic rings. The van der Waals surface area contributed by atoms with E-state index in [1.165, 1.54) is 5.56 Å². The highest BCUT2D eigenvalue weighted by atomic mass is 16.5. The van der Waals surface area contributed by atoms with Crippen molar-refractivity contribution in [1.29, 1.82) is 0 Å².